The molecular formula is C23H30F2N2O7. The van der Waals surface area contributed by atoms with Gasteiger partial charge in [0.25, 0.3) is 0 Å². The Morgan fingerprint density at radius 1 is 1.09 bits per heavy atom. The van der Waals surface area contributed by atoms with Crippen LogP contribution in [0.4, 0.5) is 8.78 Å². The zero-order chi connectivity index (χ0) is 25.1. The van der Waals surface area contributed by atoms with E-state index in [1.165, 1.54) is 19.2 Å². The number of carbonyl (C=O) groups excluding carboxylic acids is 1. The lowest BCUT2D eigenvalue weighted by atomic mass is 9.96. The number of carboxylic acid groups (broad SMARTS) is 2. The van der Waals surface area contributed by atoms with Gasteiger partial charge in [-0.25, -0.2) is 18.4 Å². The van der Waals surface area contributed by atoms with Crippen LogP contribution in [0, 0.1) is 5.82 Å². The Bertz CT molecular complexity index is 864. The van der Waals surface area contributed by atoms with E-state index >= 15 is 0 Å². The lowest BCUT2D eigenvalue weighted by Crippen LogP contribution is -2.40. The van der Waals surface area contributed by atoms with Crippen LogP contribution in [-0.2, 0) is 20.9 Å². The topological polar surface area (TPSA) is 134 Å². The standard InChI is InChI=1S/C19H26F2N2O3.C4H4O4/c1-25-17-10-18(26-14-6-4-13(20)5-7-14)15(21)9-12(17)11-23-19(24)16-3-2-8-22-16;5-3(6)1-2-4(7)8/h9-10,13-14,16,22H,2-8,11H2,1H3,(H,23,24);1-2H,(H,5,6)(H,7,8)/b;2-1+/t13?,14?,16-;/m0./s1. The first kappa shape index (κ1) is 27.0. The summed E-state index contributed by atoms with van der Waals surface area (Å²) in [6.45, 7) is 1.02. The molecule has 2 aliphatic rings. The van der Waals surface area contributed by atoms with Gasteiger partial charge < -0.3 is 30.3 Å². The van der Waals surface area contributed by atoms with Crippen molar-refractivity contribution in [2.45, 2.75) is 63.4 Å². The summed E-state index contributed by atoms with van der Waals surface area (Å²) in [5, 5.41) is 21.6. The number of aliphatic carboxylic acids is 2. The van der Waals surface area contributed by atoms with Crippen molar-refractivity contribution in [1.29, 1.82) is 0 Å². The first-order chi connectivity index (χ1) is 16.2. The molecule has 4 N–H and O–H groups in total. The Balaban J connectivity index is 0.000000440. The SMILES string of the molecule is COc1cc(OC2CCC(F)CC2)c(F)cc1CNC(=O)[C@@H]1CCCN1.O=C(O)/C=C/C(=O)O. The van der Waals surface area contributed by atoms with Gasteiger partial charge in [-0.05, 0) is 51.1 Å². The molecule has 0 unspecified atom stereocenters. The Morgan fingerprint density at radius 3 is 2.26 bits per heavy atom. The van der Waals surface area contributed by atoms with Gasteiger partial charge in [0.15, 0.2) is 11.6 Å². The number of ether oxygens (including phenoxy) is 2. The summed E-state index contributed by atoms with van der Waals surface area (Å²) < 4.78 is 38.7. The third-order valence-corrected chi connectivity index (χ3v) is 5.43. The molecule has 0 radical (unpaired) electrons. The lowest BCUT2D eigenvalue weighted by Gasteiger charge is -2.25. The Hall–Kier alpha value is -3.21. The second kappa shape index (κ2) is 13.5. The fourth-order valence-corrected chi connectivity index (χ4v) is 3.67. The van der Waals surface area contributed by atoms with Gasteiger partial charge in [-0.1, -0.05) is 0 Å². The molecule has 1 aliphatic heterocycles. The van der Waals surface area contributed by atoms with Crippen molar-refractivity contribution in [2.24, 2.45) is 0 Å². The first-order valence-corrected chi connectivity index (χ1v) is 11.0. The molecule has 188 valence electrons. The highest BCUT2D eigenvalue weighted by atomic mass is 19.1. The molecule has 1 heterocycles. The van der Waals surface area contributed by atoms with Crippen molar-refractivity contribution < 1.29 is 42.9 Å². The number of nitrogens with one attached hydrogen (secondary N) is 2. The number of methoxy groups -OCH3 is 1. The second-order valence-corrected chi connectivity index (χ2v) is 7.96. The van der Waals surface area contributed by atoms with Gasteiger partial charge in [-0.3, -0.25) is 4.79 Å². The van der Waals surface area contributed by atoms with Crippen LogP contribution in [-0.4, -0.2) is 60.0 Å². The van der Waals surface area contributed by atoms with Gasteiger partial charge in [0, 0.05) is 30.3 Å². The Kier molecular flexibility index (Phi) is 10.7. The van der Waals surface area contributed by atoms with Crippen LogP contribution in [0.1, 0.15) is 44.1 Å². The highest BCUT2D eigenvalue weighted by Crippen LogP contribution is 2.32. The van der Waals surface area contributed by atoms with E-state index in [4.69, 9.17) is 19.7 Å². The van der Waals surface area contributed by atoms with E-state index < -0.39 is 23.9 Å². The number of halogens is 2. The zero-order valence-corrected chi connectivity index (χ0v) is 18.9. The molecule has 2 fully saturated rings. The minimum atomic E-state index is -1.26. The molecule has 9 nitrogen and oxygen atoms in total. The van der Waals surface area contributed by atoms with Crippen molar-refractivity contribution in [3.05, 3.63) is 35.7 Å². The third-order valence-electron chi connectivity index (χ3n) is 5.43. The maximum absolute atomic E-state index is 14.4. The molecule has 0 bridgehead atoms. The van der Waals surface area contributed by atoms with E-state index in [1.54, 1.807) is 0 Å². The molecule has 0 aromatic heterocycles. The summed E-state index contributed by atoms with van der Waals surface area (Å²) in [5.41, 5.74) is 0.552. The average molecular weight is 484 g/mol. The first-order valence-electron chi connectivity index (χ1n) is 11.0. The van der Waals surface area contributed by atoms with E-state index in [9.17, 15) is 23.2 Å². The van der Waals surface area contributed by atoms with Crippen molar-refractivity contribution in [1.82, 2.24) is 10.6 Å². The Morgan fingerprint density at radius 2 is 1.74 bits per heavy atom. The third kappa shape index (κ3) is 8.97. The quantitative estimate of drug-likeness (QED) is 0.414. The van der Waals surface area contributed by atoms with Gasteiger partial charge in [0.1, 0.15) is 11.9 Å². The van der Waals surface area contributed by atoms with Gasteiger partial charge >= 0.3 is 11.9 Å². The highest BCUT2D eigenvalue weighted by Gasteiger charge is 2.24. The molecule has 1 amide bonds. The molecular weight excluding hydrogens is 454 g/mol. The van der Waals surface area contributed by atoms with Crippen LogP contribution in [0.5, 0.6) is 11.5 Å². The van der Waals surface area contributed by atoms with Crippen LogP contribution >= 0.6 is 0 Å². The maximum Gasteiger partial charge on any atom is 0.328 e. The molecule has 0 spiro atoms. The molecule has 1 saturated carbocycles. The summed E-state index contributed by atoms with van der Waals surface area (Å²) in [6, 6.07) is 2.66. The maximum atomic E-state index is 14.4. The van der Waals surface area contributed by atoms with E-state index in [2.05, 4.69) is 10.6 Å². The summed E-state index contributed by atoms with van der Waals surface area (Å²) >= 11 is 0. The van der Waals surface area contributed by atoms with Crippen LogP contribution in [0.2, 0.25) is 0 Å². The molecule has 1 aliphatic carbocycles. The van der Waals surface area contributed by atoms with Gasteiger partial charge in [-0.2, -0.15) is 0 Å². The fourth-order valence-electron chi connectivity index (χ4n) is 3.67. The van der Waals surface area contributed by atoms with Crippen molar-refractivity contribution in [3.8, 4) is 11.5 Å². The van der Waals surface area contributed by atoms with Crippen molar-refractivity contribution in [2.75, 3.05) is 13.7 Å². The van der Waals surface area contributed by atoms with Crippen LogP contribution in [0.3, 0.4) is 0 Å². The summed E-state index contributed by atoms with van der Waals surface area (Å²) in [6.07, 6.45) is 3.99. The molecule has 1 aromatic carbocycles. The monoisotopic (exact) mass is 484 g/mol. The van der Waals surface area contributed by atoms with Crippen molar-refractivity contribution >= 4 is 17.8 Å². The summed E-state index contributed by atoms with van der Waals surface area (Å²) in [7, 11) is 1.50. The number of hydrogen-bond donors (Lipinski definition) is 4. The van der Waals surface area contributed by atoms with Crippen LogP contribution in [0.25, 0.3) is 0 Å². The van der Waals surface area contributed by atoms with E-state index in [-0.39, 0.29) is 30.3 Å². The number of alkyl halides is 1. The number of benzene rings is 1. The van der Waals surface area contributed by atoms with Gasteiger partial charge in [0.05, 0.1) is 19.3 Å². The second-order valence-electron chi connectivity index (χ2n) is 7.96. The predicted octanol–water partition coefficient (Wildman–Crippen LogP) is 2.57. The predicted molar refractivity (Wildman–Crippen MR) is 118 cm³/mol. The van der Waals surface area contributed by atoms with Crippen LogP contribution in [0.15, 0.2) is 24.3 Å². The Labute approximate surface area is 196 Å². The largest absolute Gasteiger partial charge is 0.496 e. The minimum absolute atomic E-state index is 0.0896. The average Bonchev–Trinajstić information content (AvgIpc) is 3.34. The number of amides is 1. The summed E-state index contributed by atoms with van der Waals surface area (Å²) in [5.74, 6) is -2.54. The fraction of sp³-hybridized carbons (Fsp3) is 0.522. The van der Waals surface area contributed by atoms with Gasteiger partial charge in [0.2, 0.25) is 5.91 Å². The van der Waals surface area contributed by atoms with E-state index in [0.717, 1.165) is 19.4 Å². The van der Waals surface area contributed by atoms with Crippen LogP contribution < -0.4 is 20.1 Å². The summed E-state index contributed by atoms with van der Waals surface area (Å²) in [4.78, 5) is 31.2. The molecule has 1 atom stereocenters. The number of hydrogen-bond acceptors (Lipinski definition) is 6. The molecule has 34 heavy (non-hydrogen) atoms. The molecule has 1 saturated heterocycles. The molecule has 3 rings (SSSR count). The lowest BCUT2D eigenvalue weighted by molar-refractivity contribution is -0.134. The minimum Gasteiger partial charge on any atom is -0.496 e. The molecule has 11 heteroatoms. The van der Waals surface area contributed by atoms with Crippen molar-refractivity contribution in [3.63, 3.8) is 0 Å². The normalized spacial score (nSPS) is 21.9. The number of carboxylic acids is 2. The molecule has 1 aromatic rings. The van der Waals surface area contributed by atoms with Gasteiger partial charge in [-0.15, -0.1) is 0 Å². The zero-order valence-electron chi connectivity index (χ0n) is 18.9. The van der Waals surface area contributed by atoms with E-state index in [1.807, 2.05) is 0 Å². The van der Waals surface area contributed by atoms with E-state index in [0.29, 0.717) is 49.1 Å². The number of rotatable bonds is 8. The number of carbonyl (C=O) groups is 3. The smallest absolute Gasteiger partial charge is 0.328 e. The highest BCUT2D eigenvalue weighted by molar-refractivity contribution is 5.89.